The first-order chi connectivity index (χ1) is 20.5. The van der Waals surface area contributed by atoms with Crippen LogP contribution in [0.3, 0.4) is 0 Å². The van der Waals surface area contributed by atoms with E-state index in [2.05, 4.69) is 15.8 Å². The molecule has 0 radical (unpaired) electrons. The highest BCUT2D eigenvalue weighted by Crippen LogP contribution is 2.29. The summed E-state index contributed by atoms with van der Waals surface area (Å²) in [7, 11) is 1.48. The van der Waals surface area contributed by atoms with Crippen molar-refractivity contribution in [2.75, 3.05) is 26.8 Å². The van der Waals surface area contributed by atoms with Gasteiger partial charge in [0.15, 0.2) is 29.6 Å². The topological polar surface area (TPSA) is 132 Å². The quantitative estimate of drug-likeness (QED) is 0.386. The molecule has 0 aliphatic carbocycles. The van der Waals surface area contributed by atoms with Gasteiger partial charge in [0.25, 0.3) is 17.7 Å². The van der Waals surface area contributed by atoms with Crippen LogP contribution >= 0.6 is 0 Å². The number of fused-ring (bicyclic) bond motifs is 7. The van der Waals surface area contributed by atoms with Crippen LogP contribution < -0.4 is 24.8 Å². The second kappa shape index (κ2) is 11.7. The maximum absolute atomic E-state index is 13.5. The SMILES string of the molecule is COc1ccc2cc1OCC(=O)NCc1ccc(cc1)O[C@H]1CN(C(=O)c3cc(-c4ccccc4)on3)C[C@@H]1NC2=O. The fourth-order valence-corrected chi connectivity index (χ4v) is 4.91. The molecule has 1 saturated heterocycles. The zero-order valence-electron chi connectivity index (χ0n) is 22.7. The summed E-state index contributed by atoms with van der Waals surface area (Å²) in [6.07, 6.45) is -0.548. The van der Waals surface area contributed by atoms with Gasteiger partial charge in [0.05, 0.1) is 19.7 Å². The lowest BCUT2D eigenvalue weighted by molar-refractivity contribution is -0.123. The van der Waals surface area contributed by atoms with Gasteiger partial charge in [-0.1, -0.05) is 47.6 Å². The molecule has 3 aromatic carbocycles. The second-order valence-corrected chi connectivity index (χ2v) is 9.96. The molecular weight excluding hydrogens is 540 g/mol. The van der Waals surface area contributed by atoms with Crippen molar-refractivity contribution in [3.8, 4) is 28.6 Å². The van der Waals surface area contributed by atoms with Crippen LogP contribution in [0.25, 0.3) is 11.3 Å². The first-order valence-corrected chi connectivity index (χ1v) is 13.4. The zero-order valence-corrected chi connectivity index (χ0v) is 22.7. The van der Waals surface area contributed by atoms with E-state index in [1.54, 1.807) is 35.2 Å². The van der Waals surface area contributed by atoms with E-state index in [1.807, 2.05) is 42.5 Å². The summed E-state index contributed by atoms with van der Waals surface area (Å²) in [6.45, 7) is 0.458. The van der Waals surface area contributed by atoms with Gasteiger partial charge in [0.1, 0.15) is 11.9 Å². The predicted octanol–water partition coefficient (Wildman–Crippen LogP) is 3.06. The van der Waals surface area contributed by atoms with Crippen molar-refractivity contribution in [3.63, 3.8) is 0 Å². The van der Waals surface area contributed by atoms with E-state index in [4.69, 9.17) is 18.7 Å². The largest absolute Gasteiger partial charge is 0.493 e. The molecule has 0 spiro atoms. The van der Waals surface area contributed by atoms with Crippen LogP contribution in [0.4, 0.5) is 0 Å². The van der Waals surface area contributed by atoms with Crippen LogP contribution in [0.2, 0.25) is 0 Å². The lowest BCUT2D eigenvalue weighted by Gasteiger charge is -2.21. The molecule has 4 heterocycles. The van der Waals surface area contributed by atoms with Crippen LogP contribution in [0.1, 0.15) is 26.4 Å². The Morgan fingerprint density at radius 2 is 1.79 bits per heavy atom. The number of nitrogens with zero attached hydrogens (tertiary/aromatic N) is 2. The van der Waals surface area contributed by atoms with E-state index in [1.165, 1.54) is 13.2 Å². The fraction of sp³-hybridized carbons (Fsp3) is 0.226. The molecule has 3 amide bonds. The fourth-order valence-electron chi connectivity index (χ4n) is 4.91. The number of nitrogens with one attached hydrogen (secondary N) is 2. The highest BCUT2D eigenvalue weighted by atomic mass is 16.5. The molecule has 11 heteroatoms. The van der Waals surface area contributed by atoms with Crippen molar-refractivity contribution >= 4 is 17.7 Å². The van der Waals surface area contributed by atoms with Gasteiger partial charge >= 0.3 is 0 Å². The minimum atomic E-state index is -0.548. The highest BCUT2D eigenvalue weighted by Gasteiger charge is 2.39. The number of likely N-dealkylation sites (tertiary alicyclic amines) is 1. The van der Waals surface area contributed by atoms with Gasteiger partial charge in [-0.25, -0.2) is 0 Å². The Morgan fingerprint density at radius 1 is 0.976 bits per heavy atom. The van der Waals surface area contributed by atoms with Crippen molar-refractivity contribution in [2.45, 2.75) is 18.7 Å². The number of aromatic nitrogens is 1. The van der Waals surface area contributed by atoms with E-state index >= 15 is 0 Å². The first-order valence-electron chi connectivity index (χ1n) is 13.4. The summed E-state index contributed by atoms with van der Waals surface area (Å²) >= 11 is 0. The van der Waals surface area contributed by atoms with Gasteiger partial charge in [-0.05, 0) is 35.9 Å². The van der Waals surface area contributed by atoms with Crippen molar-refractivity contribution < 1.29 is 33.1 Å². The molecule has 0 saturated carbocycles. The van der Waals surface area contributed by atoms with Crippen LogP contribution in [-0.2, 0) is 11.3 Å². The van der Waals surface area contributed by atoms with Gasteiger partial charge in [-0.15, -0.1) is 0 Å². The number of amides is 3. The average molecular weight is 569 g/mol. The Kier molecular flexibility index (Phi) is 7.46. The van der Waals surface area contributed by atoms with E-state index in [9.17, 15) is 14.4 Å². The third kappa shape index (κ3) is 5.75. The number of carbonyl (C=O) groups excluding carboxylic acids is 3. The molecular formula is C31H28N4O7. The second-order valence-electron chi connectivity index (χ2n) is 9.96. The lowest BCUT2D eigenvalue weighted by Crippen LogP contribution is -2.45. The Hall–Kier alpha value is -5.32. The summed E-state index contributed by atoms with van der Waals surface area (Å²) in [4.78, 5) is 40.8. The minimum Gasteiger partial charge on any atom is -0.493 e. The maximum atomic E-state index is 13.5. The Balaban J connectivity index is 1.27. The third-order valence-electron chi connectivity index (χ3n) is 7.14. The van der Waals surface area contributed by atoms with Gasteiger partial charge in [0, 0.05) is 30.3 Å². The number of ether oxygens (including phenoxy) is 3. The molecule has 42 heavy (non-hydrogen) atoms. The Bertz CT molecular complexity index is 1600. The summed E-state index contributed by atoms with van der Waals surface area (Å²) in [5.41, 5.74) is 2.14. The molecule has 2 N–H and O–H groups in total. The lowest BCUT2D eigenvalue weighted by atomic mass is 10.1. The van der Waals surface area contributed by atoms with Crippen molar-refractivity contribution in [3.05, 3.63) is 95.7 Å². The monoisotopic (exact) mass is 568 g/mol. The molecule has 0 unspecified atom stereocenters. The molecule has 3 aliphatic heterocycles. The van der Waals surface area contributed by atoms with Gasteiger partial charge in [0.2, 0.25) is 0 Å². The third-order valence-corrected chi connectivity index (χ3v) is 7.14. The summed E-state index contributed by atoms with van der Waals surface area (Å²) in [5, 5.41) is 9.82. The average Bonchev–Trinajstić information content (AvgIpc) is 3.67. The van der Waals surface area contributed by atoms with E-state index < -0.39 is 18.1 Å². The molecule has 2 atom stereocenters. The van der Waals surface area contributed by atoms with E-state index in [0.29, 0.717) is 29.4 Å². The van der Waals surface area contributed by atoms with Crippen molar-refractivity contribution in [2.24, 2.45) is 0 Å². The molecule has 4 aromatic rings. The molecule has 214 valence electrons. The van der Waals surface area contributed by atoms with Crippen LogP contribution in [0.15, 0.2) is 83.4 Å². The van der Waals surface area contributed by atoms with Gasteiger partial charge in [-0.3, -0.25) is 14.4 Å². The zero-order chi connectivity index (χ0) is 29.1. The number of carbonyl (C=O) groups is 3. The minimum absolute atomic E-state index is 0.164. The molecule has 1 fully saturated rings. The summed E-state index contributed by atoms with van der Waals surface area (Å²) in [5.74, 6) is 0.637. The Morgan fingerprint density at radius 3 is 2.57 bits per heavy atom. The smallest absolute Gasteiger partial charge is 0.276 e. The highest BCUT2D eigenvalue weighted by molar-refractivity contribution is 5.96. The number of hydrogen-bond acceptors (Lipinski definition) is 8. The normalized spacial score (nSPS) is 18.6. The maximum Gasteiger partial charge on any atom is 0.276 e. The van der Waals surface area contributed by atoms with Crippen molar-refractivity contribution in [1.29, 1.82) is 0 Å². The molecule has 11 nitrogen and oxygen atoms in total. The number of rotatable bonds is 3. The van der Waals surface area contributed by atoms with Gasteiger partial charge < -0.3 is 34.3 Å². The van der Waals surface area contributed by atoms with E-state index in [0.717, 1.165) is 11.1 Å². The molecule has 4 bridgehead atoms. The summed E-state index contributed by atoms with van der Waals surface area (Å²) < 4.78 is 22.8. The standard InChI is InChI=1S/C31H28N4O7/c1-39-25-12-9-21-13-27(25)40-18-29(36)32-15-19-7-10-22(11-8-19)41-28-17-35(16-24(28)33-30(21)37)31(38)23-14-26(42-34-23)20-5-3-2-4-6-20/h2-14,24,28H,15-18H2,1H3,(H,32,36)(H,33,37)/t24-,28-/m0/s1. The van der Waals surface area contributed by atoms with Gasteiger partial charge in [-0.2, -0.15) is 0 Å². The van der Waals surface area contributed by atoms with Crippen LogP contribution in [-0.4, -0.2) is 66.7 Å². The number of benzene rings is 3. The first kappa shape index (κ1) is 26.9. The van der Waals surface area contributed by atoms with Crippen LogP contribution in [0.5, 0.6) is 17.2 Å². The molecule has 7 rings (SSSR count). The Labute approximate surface area is 241 Å². The summed E-state index contributed by atoms with van der Waals surface area (Å²) in [6, 6.07) is 22.4. The van der Waals surface area contributed by atoms with E-state index in [-0.39, 0.29) is 43.0 Å². The molecule has 1 aromatic heterocycles. The molecule has 3 aliphatic rings. The predicted molar refractivity (Wildman–Crippen MR) is 150 cm³/mol. The van der Waals surface area contributed by atoms with Crippen molar-refractivity contribution in [1.82, 2.24) is 20.7 Å². The van der Waals surface area contributed by atoms with Crippen LogP contribution in [0, 0.1) is 0 Å². The number of methoxy groups -OCH3 is 1. The number of hydrogen-bond donors (Lipinski definition) is 2.